The second kappa shape index (κ2) is 8.39. The largest absolute Gasteiger partial charge is 0.460 e. The van der Waals surface area contributed by atoms with Gasteiger partial charge in [-0.15, -0.1) is 0 Å². The van der Waals surface area contributed by atoms with Crippen molar-refractivity contribution in [2.45, 2.75) is 13.8 Å². The standard InChI is InChI=1S/C21H18INO4/c1-3-26-21(25)20-13(2)17-12-16(8-9-18(17)27-20)23-19(24)10-7-14-5-4-6-15(22)11-14/h4-12H,3H2,1-2H3,(H,23,24)/b10-7+. The molecule has 0 atom stereocenters. The highest BCUT2D eigenvalue weighted by molar-refractivity contribution is 14.1. The summed E-state index contributed by atoms with van der Waals surface area (Å²) in [5.41, 5.74) is 2.84. The first-order valence-corrected chi connectivity index (χ1v) is 9.50. The molecule has 0 saturated carbocycles. The zero-order valence-corrected chi connectivity index (χ0v) is 17.1. The number of anilines is 1. The fourth-order valence-corrected chi connectivity index (χ4v) is 3.22. The van der Waals surface area contributed by atoms with Gasteiger partial charge in [0, 0.05) is 26.3 Å². The molecule has 27 heavy (non-hydrogen) atoms. The lowest BCUT2D eigenvalue weighted by molar-refractivity contribution is -0.111. The van der Waals surface area contributed by atoms with E-state index in [2.05, 4.69) is 27.9 Å². The number of ether oxygens (including phenoxy) is 1. The van der Waals surface area contributed by atoms with Gasteiger partial charge in [-0.3, -0.25) is 4.79 Å². The van der Waals surface area contributed by atoms with E-state index in [1.165, 1.54) is 6.08 Å². The van der Waals surface area contributed by atoms with Gasteiger partial charge in [0.15, 0.2) is 0 Å². The van der Waals surface area contributed by atoms with Gasteiger partial charge < -0.3 is 14.5 Å². The molecule has 0 saturated heterocycles. The summed E-state index contributed by atoms with van der Waals surface area (Å²) in [4.78, 5) is 24.1. The minimum absolute atomic E-state index is 0.189. The van der Waals surface area contributed by atoms with Gasteiger partial charge in [-0.25, -0.2) is 4.79 Å². The third-order valence-corrected chi connectivity index (χ3v) is 4.61. The number of halogens is 1. The number of hydrogen-bond acceptors (Lipinski definition) is 4. The van der Waals surface area contributed by atoms with Gasteiger partial charge in [0.05, 0.1) is 6.61 Å². The lowest BCUT2D eigenvalue weighted by atomic mass is 10.1. The number of nitrogens with one attached hydrogen (secondary N) is 1. The summed E-state index contributed by atoms with van der Waals surface area (Å²) in [5, 5.41) is 3.59. The number of fused-ring (bicyclic) bond motifs is 1. The van der Waals surface area contributed by atoms with E-state index in [0.717, 1.165) is 14.5 Å². The highest BCUT2D eigenvalue weighted by atomic mass is 127. The summed E-state index contributed by atoms with van der Waals surface area (Å²) >= 11 is 2.23. The van der Waals surface area contributed by atoms with Crippen molar-refractivity contribution in [1.29, 1.82) is 0 Å². The number of rotatable bonds is 5. The van der Waals surface area contributed by atoms with Gasteiger partial charge in [-0.2, -0.15) is 0 Å². The topological polar surface area (TPSA) is 68.5 Å². The molecule has 0 spiro atoms. The Morgan fingerprint density at radius 1 is 1.22 bits per heavy atom. The molecule has 5 nitrogen and oxygen atoms in total. The number of furan rings is 1. The molecule has 6 heteroatoms. The average Bonchev–Trinajstić information content (AvgIpc) is 2.97. The van der Waals surface area contributed by atoms with Crippen molar-refractivity contribution < 1.29 is 18.7 Å². The average molecular weight is 475 g/mol. The molecule has 0 radical (unpaired) electrons. The summed E-state index contributed by atoms with van der Waals surface area (Å²) in [6.45, 7) is 3.82. The van der Waals surface area contributed by atoms with E-state index in [0.29, 0.717) is 16.8 Å². The summed E-state index contributed by atoms with van der Waals surface area (Å²) in [7, 11) is 0. The number of hydrogen-bond donors (Lipinski definition) is 1. The molecule has 138 valence electrons. The lowest BCUT2D eigenvalue weighted by Crippen LogP contribution is -2.07. The minimum atomic E-state index is -0.489. The number of carbonyl (C=O) groups excluding carboxylic acids is 2. The Morgan fingerprint density at radius 3 is 2.78 bits per heavy atom. The summed E-state index contributed by atoms with van der Waals surface area (Å²) in [6.07, 6.45) is 3.25. The molecular weight excluding hydrogens is 457 g/mol. The minimum Gasteiger partial charge on any atom is -0.460 e. The highest BCUT2D eigenvalue weighted by Crippen LogP contribution is 2.28. The van der Waals surface area contributed by atoms with Crippen LogP contribution in [0, 0.1) is 10.5 Å². The maximum atomic E-state index is 12.2. The van der Waals surface area contributed by atoms with Crippen molar-refractivity contribution in [3.63, 3.8) is 0 Å². The van der Waals surface area contributed by atoms with Crippen LogP contribution in [-0.4, -0.2) is 18.5 Å². The van der Waals surface area contributed by atoms with Crippen LogP contribution in [0.1, 0.15) is 28.6 Å². The zero-order chi connectivity index (χ0) is 19.4. The quantitative estimate of drug-likeness (QED) is 0.314. The Bertz CT molecular complexity index is 1040. The molecule has 3 aromatic rings. The van der Waals surface area contributed by atoms with Gasteiger partial charge in [0.25, 0.3) is 0 Å². The number of carbonyl (C=O) groups is 2. The summed E-state index contributed by atoms with van der Waals surface area (Å²) < 4.78 is 11.7. The molecule has 1 N–H and O–H groups in total. The predicted molar refractivity (Wildman–Crippen MR) is 114 cm³/mol. The van der Waals surface area contributed by atoms with Crippen LogP contribution in [0.4, 0.5) is 5.69 Å². The Morgan fingerprint density at radius 2 is 2.04 bits per heavy atom. The van der Waals surface area contributed by atoms with Gasteiger partial charge in [0.1, 0.15) is 5.58 Å². The monoisotopic (exact) mass is 475 g/mol. The van der Waals surface area contributed by atoms with Gasteiger partial charge in [-0.05, 0) is 78.4 Å². The Labute approximate surface area is 170 Å². The SMILES string of the molecule is CCOC(=O)c1oc2ccc(NC(=O)/C=C/c3cccc(I)c3)cc2c1C. The van der Waals surface area contributed by atoms with Crippen molar-refractivity contribution in [2.75, 3.05) is 11.9 Å². The van der Waals surface area contributed by atoms with Crippen LogP contribution in [0.25, 0.3) is 17.0 Å². The Kier molecular flexibility index (Phi) is 5.95. The highest BCUT2D eigenvalue weighted by Gasteiger charge is 2.19. The van der Waals surface area contributed by atoms with Crippen molar-refractivity contribution in [1.82, 2.24) is 0 Å². The number of benzene rings is 2. The van der Waals surface area contributed by atoms with Gasteiger partial charge in [-0.1, -0.05) is 12.1 Å². The maximum absolute atomic E-state index is 12.2. The van der Waals surface area contributed by atoms with E-state index >= 15 is 0 Å². The number of esters is 1. The van der Waals surface area contributed by atoms with Crippen molar-refractivity contribution in [3.05, 3.63) is 69.0 Å². The van der Waals surface area contributed by atoms with Crippen molar-refractivity contribution in [2.24, 2.45) is 0 Å². The van der Waals surface area contributed by atoms with E-state index < -0.39 is 5.97 Å². The molecule has 1 amide bonds. The smallest absolute Gasteiger partial charge is 0.374 e. The first-order chi connectivity index (χ1) is 13.0. The molecule has 3 rings (SSSR count). The fraction of sp³-hybridized carbons (Fsp3) is 0.143. The molecule has 2 aromatic carbocycles. The Hall–Kier alpha value is -2.61. The van der Waals surface area contributed by atoms with Crippen LogP contribution in [0.2, 0.25) is 0 Å². The van der Waals surface area contributed by atoms with E-state index in [1.54, 1.807) is 38.1 Å². The second-order valence-corrected chi connectivity index (χ2v) is 7.11. The Balaban J connectivity index is 1.78. The van der Waals surface area contributed by atoms with Crippen LogP contribution >= 0.6 is 22.6 Å². The van der Waals surface area contributed by atoms with E-state index in [-0.39, 0.29) is 18.3 Å². The fourth-order valence-electron chi connectivity index (χ4n) is 2.66. The van der Waals surface area contributed by atoms with Crippen LogP contribution in [-0.2, 0) is 9.53 Å². The van der Waals surface area contributed by atoms with Crippen molar-refractivity contribution in [3.8, 4) is 0 Å². The normalized spacial score (nSPS) is 11.1. The molecule has 0 bridgehead atoms. The molecule has 1 heterocycles. The van der Waals surface area contributed by atoms with Crippen LogP contribution in [0.5, 0.6) is 0 Å². The zero-order valence-electron chi connectivity index (χ0n) is 14.9. The van der Waals surface area contributed by atoms with Crippen LogP contribution < -0.4 is 5.32 Å². The number of amides is 1. The summed E-state index contributed by atoms with van der Waals surface area (Å²) in [5.74, 6) is -0.536. The van der Waals surface area contributed by atoms with Crippen LogP contribution in [0.15, 0.2) is 53.0 Å². The molecule has 0 aliphatic rings. The van der Waals surface area contributed by atoms with E-state index in [1.807, 2.05) is 24.3 Å². The van der Waals surface area contributed by atoms with Gasteiger partial charge in [0.2, 0.25) is 11.7 Å². The molecule has 0 fully saturated rings. The molecule has 1 aromatic heterocycles. The first kappa shape index (κ1) is 19.2. The molecule has 0 aliphatic heterocycles. The second-order valence-electron chi connectivity index (χ2n) is 5.87. The summed E-state index contributed by atoms with van der Waals surface area (Å²) in [6, 6.07) is 13.1. The third kappa shape index (κ3) is 4.57. The third-order valence-electron chi connectivity index (χ3n) is 3.94. The molecule has 0 aliphatic carbocycles. The first-order valence-electron chi connectivity index (χ1n) is 8.43. The van der Waals surface area contributed by atoms with E-state index in [9.17, 15) is 9.59 Å². The predicted octanol–water partition coefficient (Wildman–Crippen LogP) is 5.17. The maximum Gasteiger partial charge on any atom is 0.374 e. The number of aryl methyl sites for hydroxylation is 1. The molecule has 0 unspecified atom stereocenters. The molecular formula is C21H18INO4. The van der Waals surface area contributed by atoms with Gasteiger partial charge >= 0.3 is 5.97 Å². The van der Waals surface area contributed by atoms with E-state index in [4.69, 9.17) is 9.15 Å². The van der Waals surface area contributed by atoms with Crippen molar-refractivity contribution >= 4 is 57.2 Å². The lowest BCUT2D eigenvalue weighted by Gasteiger charge is -2.02. The van der Waals surface area contributed by atoms with Crippen LogP contribution in [0.3, 0.4) is 0 Å².